The normalized spacial score (nSPS) is 23.7. The van der Waals surface area contributed by atoms with Crippen LogP contribution in [0.4, 0.5) is 0 Å². The minimum Gasteiger partial charge on any atom is -0.358 e. The lowest BCUT2D eigenvalue weighted by Gasteiger charge is -2.48. The monoisotopic (exact) mass is 1170 g/mol. The topological polar surface area (TPSA) is 127 Å². The molecular formula is C56H64Cl6N2O8S2. The van der Waals surface area contributed by atoms with Gasteiger partial charge in [-0.15, -0.1) is 13.2 Å². The summed E-state index contributed by atoms with van der Waals surface area (Å²) in [7, 11) is -7.05. The van der Waals surface area contributed by atoms with Crippen molar-refractivity contribution in [2.45, 2.75) is 138 Å². The lowest BCUT2D eigenvalue weighted by molar-refractivity contribution is -0.179. The van der Waals surface area contributed by atoms with E-state index in [4.69, 9.17) is 79.1 Å². The van der Waals surface area contributed by atoms with E-state index in [1.165, 1.54) is 0 Å². The van der Waals surface area contributed by atoms with Crippen LogP contribution in [0, 0.1) is 11.8 Å². The van der Waals surface area contributed by atoms with Crippen LogP contribution in [0.25, 0.3) is 0 Å². The third kappa shape index (κ3) is 13.2. The Balaban J connectivity index is 0.000000216. The first-order valence-corrected chi connectivity index (χ1v) is 30.3. The number of benzene rings is 4. The Morgan fingerprint density at radius 1 is 0.527 bits per heavy atom. The molecule has 74 heavy (non-hydrogen) atoms. The number of halogens is 6. The third-order valence-electron chi connectivity index (χ3n) is 14.3. The molecule has 8 atom stereocenters. The van der Waals surface area contributed by atoms with Crippen molar-refractivity contribution in [3.05, 3.63) is 163 Å². The summed E-state index contributed by atoms with van der Waals surface area (Å²) >= 11 is 37.6. The fourth-order valence-corrected chi connectivity index (χ4v) is 13.2. The number of morpholine rings is 2. The van der Waals surface area contributed by atoms with Crippen molar-refractivity contribution >= 4 is 101 Å². The summed E-state index contributed by atoms with van der Waals surface area (Å²) < 4.78 is 64.7. The van der Waals surface area contributed by atoms with E-state index in [0.717, 1.165) is 47.9 Å². The van der Waals surface area contributed by atoms with Gasteiger partial charge in [0, 0.05) is 35.0 Å². The molecule has 2 heterocycles. The maximum atomic E-state index is 14.1. The maximum absolute atomic E-state index is 14.1. The average Bonchev–Trinajstić information content (AvgIpc) is 4.27. The van der Waals surface area contributed by atoms with Crippen molar-refractivity contribution < 1.29 is 35.9 Å². The van der Waals surface area contributed by atoms with Gasteiger partial charge in [0.1, 0.15) is 24.4 Å². The lowest BCUT2D eigenvalue weighted by atomic mass is 9.89. The highest BCUT2D eigenvalue weighted by molar-refractivity contribution is 7.93. The molecule has 0 aromatic heterocycles. The first kappa shape index (κ1) is 58.5. The van der Waals surface area contributed by atoms with Crippen molar-refractivity contribution in [1.82, 2.24) is 9.80 Å². The SMILES string of the molecule is C=CC[C@@H]1O[C@H](c2ccc(Cl)c(Cl)c2)[C@@H](c2ccc(Cl)cc2)N([C@H](CS(=O)(=O)C(C)(C)C)C2CC2)C1=O.C=CC[C@H]1O[C@H](c2ccc(Cl)c(Cl)c2)[C@@H](c2ccc(Cl)cc2)N([C@H](CS(=O)(=O)C(C)(C)C)C2CC2)C1=O. The molecule has 2 amide bonds. The summed E-state index contributed by atoms with van der Waals surface area (Å²) in [6.07, 6.45) is 4.51. The highest BCUT2D eigenvalue weighted by Gasteiger charge is 2.53. The predicted molar refractivity (Wildman–Crippen MR) is 300 cm³/mol. The molecule has 10 nitrogen and oxygen atoms in total. The Kier molecular flexibility index (Phi) is 18.5. The second kappa shape index (κ2) is 23.4. The molecule has 0 unspecified atom stereocenters. The highest BCUT2D eigenvalue weighted by atomic mass is 35.5. The van der Waals surface area contributed by atoms with Gasteiger partial charge in [0.2, 0.25) is 0 Å². The van der Waals surface area contributed by atoms with Crippen molar-refractivity contribution in [1.29, 1.82) is 0 Å². The van der Waals surface area contributed by atoms with Crippen molar-refractivity contribution in [3.8, 4) is 0 Å². The van der Waals surface area contributed by atoms with Crippen LogP contribution in [-0.2, 0) is 38.7 Å². The molecule has 2 saturated carbocycles. The smallest absolute Gasteiger partial charge is 0.252 e. The molecule has 0 radical (unpaired) electrons. The van der Waals surface area contributed by atoms with E-state index in [2.05, 4.69) is 13.2 Å². The molecule has 0 spiro atoms. The first-order valence-electron chi connectivity index (χ1n) is 24.7. The minimum absolute atomic E-state index is 0.0906. The van der Waals surface area contributed by atoms with Gasteiger partial charge in [-0.05, 0) is 150 Å². The van der Waals surface area contributed by atoms with Gasteiger partial charge in [-0.25, -0.2) is 16.8 Å². The Morgan fingerprint density at radius 2 is 0.838 bits per heavy atom. The molecule has 400 valence electrons. The van der Waals surface area contributed by atoms with Gasteiger partial charge >= 0.3 is 0 Å². The number of amides is 2. The number of ether oxygens (including phenoxy) is 2. The molecule has 4 aliphatic rings. The van der Waals surface area contributed by atoms with Crippen LogP contribution in [0.2, 0.25) is 30.1 Å². The Morgan fingerprint density at radius 3 is 1.11 bits per heavy atom. The number of sulfone groups is 2. The summed E-state index contributed by atoms with van der Waals surface area (Å²) in [5, 5.41) is 2.68. The molecule has 2 saturated heterocycles. The van der Waals surface area contributed by atoms with Crippen LogP contribution in [0.15, 0.2) is 110 Å². The first-order chi connectivity index (χ1) is 34.7. The van der Waals surface area contributed by atoms with E-state index in [-0.39, 0.29) is 35.2 Å². The van der Waals surface area contributed by atoms with Gasteiger partial charge < -0.3 is 19.3 Å². The fraction of sp³-hybridized carbons (Fsp3) is 0.464. The van der Waals surface area contributed by atoms with Crippen LogP contribution >= 0.6 is 69.6 Å². The molecule has 4 aromatic rings. The van der Waals surface area contributed by atoms with Gasteiger partial charge in [0.05, 0.1) is 53.2 Å². The van der Waals surface area contributed by atoms with Gasteiger partial charge in [-0.1, -0.05) is 118 Å². The zero-order valence-corrected chi connectivity index (χ0v) is 48.5. The van der Waals surface area contributed by atoms with Crippen LogP contribution in [-0.4, -0.2) is 83.7 Å². The molecule has 18 heteroatoms. The van der Waals surface area contributed by atoms with Crippen LogP contribution in [0.5, 0.6) is 0 Å². The van der Waals surface area contributed by atoms with Gasteiger partial charge in [0.15, 0.2) is 19.7 Å². The summed E-state index contributed by atoms with van der Waals surface area (Å²) in [5.74, 6) is -0.535. The van der Waals surface area contributed by atoms with E-state index in [1.807, 2.05) is 36.4 Å². The summed E-state index contributed by atoms with van der Waals surface area (Å²) in [4.78, 5) is 31.7. The second-order valence-corrected chi connectivity index (χ2v) is 29.6. The molecule has 2 aliphatic heterocycles. The molecule has 4 fully saturated rings. The van der Waals surface area contributed by atoms with Crippen LogP contribution in [0.1, 0.15) is 127 Å². The number of carbonyl (C=O) groups excluding carboxylic acids is 2. The lowest BCUT2D eigenvalue weighted by Crippen LogP contribution is -2.57. The molecule has 4 aromatic carbocycles. The zero-order valence-electron chi connectivity index (χ0n) is 42.3. The minimum atomic E-state index is -3.53. The molecule has 0 bridgehead atoms. The summed E-state index contributed by atoms with van der Waals surface area (Å²) in [6.45, 7) is 17.8. The Hall–Kier alpha value is -3.14. The molecule has 0 N–H and O–H groups in total. The third-order valence-corrected chi connectivity index (χ3v) is 21.6. The number of nitrogens with zero attached hydrogens (tertiary/aromatic N) is 2. The number of hydrogen-bond donors (Lipinski definition) is 0. The van der Waals surface area contributed by atoms with Crippen molar-refractivity contribution in [2.75, 3.05) is 11.5 Å². The maximum Gasteiger partial charge on any atom is 0.252 e. The van der Waals surface area contributed by atoms with Crippen molar-refractivity contribution in [2.24, 2.45) is 11.8 Å². The summed E-state index contributed by atoms with van der Waals surface area (Å²) in [6, 6.07) is 22.9. The second-order valence-electron chi connectivity index (χ2n) is 21.6. The molecular weight excluding hydrogens is 1110 g/mol. The largest absolute Gasteiger partial charge is 0.358 e. The number of hydrogen-bond acceptors (Lipinski definition) is 8. The van der Waals surface area contributed by atoms with E-state index in [9.17, 15) is 26.4 Å². The van der Waals surface area contributed by atoms with Gasteiger partial charge in [0.25, 0.3) is 11.8 Å². The fourth-order valence-electron chi connectivity index (χ4n) is 9.56. The van der Waals surface area contributed by atoms with E-state index in [1.54, 1.807) is 112 Å². The highest BCUT2D eigenvalue weighted by Crippen LogP contribution is 2.51. The molecule has 2 aliphatic carbocycles. The van der Waals surface area contributed by atoms with Crippen LogP contribution in [0.3, 0.4) is 0 Å². The Bertz CT molecular complexity index is 2740. The average molecular weight is 1170 g/mol. The molecule has 8 rings (SSSR count). The zero-order chi connectivity index (χ0) is 54.2. The van der Waals surface area contributed by atoms with Crippen molar-refractivity contribution in [3.63, 3.8) is 0 Å². The number of carbonyl (C=O) groups is 2. The standard InChI is InChI=1S/2C28H32Cl3NO4S/c2*1-5-6-24-27(33)32(23(17-7-8-17)16-37(34,35)28(2,3)4)25(18-9-12-20(29)13-10-18)26(36-24)19-11-14-21(30)22(31)15-19/h2*5,9-15,17,23-26H,1,6-8,16H2,2-4H3/t23-,24+,25-,26-;23-,24-,25-,26-/m11/s1. The Labute approximate surface area is 467 Å². The van der Waals surface area contributed by atoms with Gasteiger partial charge in [-0.2, -0.15) is 0 Å². The van der Waals surface area contributed by atoms with Gasteiger partial charge in [-0.3, -0.25) is 9.59 Å². The quantitative estimate of drug-likeness (QED) is 0.102. The number of rotatable bonds is 16. The van der Waals surface area contributed by atoms with E-state index in [0.29, 0.717) is 43.0 Å². The predicted octanol–water partition coefficient (Wildman–Crippen LogP) is 14.4. The van der Waals surface area contributed by atoms with Crippen LogP contribution < -0.4 is 0 Å². The summed E-state index contributed by atoms with van der Waals surface area (Å²) in [5.41, 5.74) is 3.08. The van der Waals surface area contributed by atoms with E-state index >= 15 is 0 Å². The van der Waals surface area contributed by atoms with E-state index < -0.39 is 77.8 Å².